The van der Waals surface area contributed by atoms with E-state index in [0.29, 0.717) is 122 Å². The highest BCUT2D eigenvalue weighted by molar-refractivity contribution is 6.05. The molecule has 45 heteroatoms. The topological polar surface area (TPSA) is 820 Å². The van der Waals surface area contributed by atoms with E-state index in [1.165, 1.54) is 45.6 Å². The van der Waals surface area contributed by atoms with Gasteiger partial charge in [-0.2, -0.15) is 0 Å². The quantitative estimate of drug-likeness (QED) is 0.0166. The molecular weight excluding hydrogens is 1520 g/mol. The highest BCUT2D eigenvalue weighted by Gasteiger charge is 2.35. The van der Waals surface area contributed by atoms with Crippen molar-refractivity contribution >= 4 is 124 Å². The summed E-state index contributed by atoms with van der Waals surface area (Å²) in [7, 11) is 0. The zero-order valence-corrected chi connectivity index (χ0v) is 68.2. The number of aliphatic imine (C=N–C) groups is 5. The number of rotatable bonds is 44. The Morgan fingerprint density at radius 1 is 0.393 bits per heavy atom. The Bertz CT molecular complexity index is 3650. The molecule has 3 rings (SSSR count). The molecule has 654 valence electrons. The van der Waals surface area contributed by atoms with Crippen molar-refractivity contribution in [1.29, 1.82) is 0 Å². The molecule has 1 saturated heterocycles. The molecule has 0 bridgehead atoms. The molecule has 15 amide bonds. The van der Waals surface area contributed by atoms with E-state index in [-0.39, 0.29) is 89.1 Å². The normalized spacial score (nSPS) is 13.6. The van der Waals surface area contributed by atoms with Crippen LogP contribution < -0.4 is 134 Å². The molecule has 1 heterocycles. The van der Waals surface area contributed by atoms with E-state index in [0.717, 1.165) is 12.0 Å². The molecule has 117 heavy (non-hydrogen) atoms. The van der Waals surface area contributed by atoms with Gasteiger partial charge in [-0.1, -0.05) is 70.2 Å². The van der Waals surface area contributed by atoms with Gasteiger partial charge >= 0.3 is 0 Å². The average molecular weight is 1650 g/mol. The van der Waals surface area contributed by atoms with Crippen LogP contribution in [0.4, 0.5) is 5.69 Å². The van der Waals surface area contributed by atoms with Gasteiger partial charge in [0.25, 0.3) is 5.91 Å². The smallest absolute Gasteiger partial charge is 0.254 e. The zero-order valence-electron chi connectivity index (χ0n) is 68.2. The van der Waals surface area contributed by atoms with E-state index in [1.807, 2.05) is 44.2 Å². The number of para-hydroxylation sites is 1. The molecule has 2 aromatic rings. The van der Waals surface area contributed by atoms with Crippen LogP contribution in [0.2, 0.25) is 0 Å². The summed E-state index contributed by atoms with van der Waals surface area (Å²) in [6.07, 6.45) is 6.07. The van der Waals surface area contributed by atoms with E-state index >= 15 is 0 Å². The lowest BCUT2D eigenvalue weighted by atomic mass is 10.0. The third kappa shape index (κ3) is 51.3. The largest absolute Gasteiger partial charge is 0.370 e. The maximum Gasteiger partial charge on any atom is 0.254 e. The second kappa shape index (κ2) is 58.7. The highest BCUT2D eigenvalue weighted by Crippen LogP contribution is 2.19. The van der Waals surface area contributed by atoms with Crippen LogP contribution in [-0.4, -0.2) is 217 Å². The summed E-state index contributed by atoms with van der Waals surface area (Å²) in [6, 6.07) is 8.74. The van der Waals surface area contributed by atoms with Crippen molar-refractivity contribution in [3.8, 4) is 0 Å². The molecule has 0 radical (unpaired) electrons. The first-order valence-electron chi connectivity index (χ1n) is 37.5. The molecule has 45 nitrogen and oxygen atoms in total. The summed E-state index contributed by atoms with van der Waals surface area (Å²) >= 11 is 0. The molecule has 1 aliphatic heterocycles. The van der Waals surface area contributed by atoms with Gasteiger partial charge in [-0.25, -0.2) is 0 Å². The summed E-state index contributed by atoms with van der Waals surface area (Å²) in [5.74, 6) is -7.00. The second-order valence-corrected chi connectivity index (χ2v) is 27.4. The number of anilines is 1. The van der Waals surface area contributed by atoms with Crippen LogP contribution in [0.1, 0.15) is 162 Å². The summed E-state index contributed by atoms with van der Waals surface area (Å²) < 4.78 is 0. The maximum atomic E-state index is 12.5. The first kappa shape index (κ1) is 106. The van der Waals surface area contributed by atoms with Crippen LogP contribution in [0, 0.1) is 11.8 Å². The summed E-state index contributed by atoms with van der Waals surface area (Å²) in [6.45, 7) is 16.4. The summed E-state index contributed by atoms with van der Waals surface area (Å²) in [5.41, 5.74) is 80.1. The van der Waals surface area contributed by atoms with Gasteiger partial charge < -0.3 is 139 Å². The van der Waals surface area contributed by atoms with Crippen molar-refractivity contribution < 1.29 is 71.9 Å². The first-order chi connectivity index (χ1) is 54.7. The number of nitrogens with two attached hydrogens (primary N) is 15. The molecule has 1 aliphatic rings. The lowest BCUT2D eigenvalue weighted by molar-refractivity contribution is -0.138. The number of carbonyl (C=O) groups excluding carboxylic acids is 15. The van der Waals surface area contributed by atoms with E-state index in [9.17, 15) is 71.9 Å². The Balaban J connectivity index is 0. The van der Waals surface area contributed by atoms with Crippen LogP contribution in [0.3, 0.4) is 0 Å². The fourth-order valence-corrected chi connectivity index (χ4v) is 10.7. The molecule has 0 spiro atoms. The number of guanidine groups is 5. The predicted octanol–water partition coefficient (Wildman–Crippen LogP) is -7.21. The molecule has 0 saturated carbocycles. The van der Waals surface area contributed by atoms with Gasteiger partial charge in [-0.3, -0.25) is 96.9 Å². The van der Waals surface area contributed by atoms with Gasteiger partial charge in [-0.15, -0.1) is 0 Å². The molecule has 9 atom stereocenters. The number of carbonyl (C=O) groups is 15. The second-order valence-electron chi connectivity index (χ2n) is 27.4. The number of nitrogens with zero attached hydrogens (tertiary/aromatic N) is 6. The van der Waals surface area contributed by atoms with Gasteiger partial charge in [0.1, 0.15) is 54.4 Å². The third-order valence-electron chi connectivity index (χ3n) is 16.1. The molecule has 1 unspecified atom stereocenters. The Labute approximate surface area is 680 Å². The number of benzene rings is 2. The Morgan fingerprint density at radius 3 is 1.08 bits per heavy atom. The van der Waals surface area contributed by atoms with Crippen molar-refractivity contribution in [2.45, 2.75) is 207 Å². The van der Waals surface area contributed by atoms with Crippen molar-refractivity contribution in [2.75, 3.05) is 44.6 Å². The van der Waals surface area contributed by atoms with Crippen molar-refractivity contribution in [3.63, 3.8) is 0 Å². The van der Waals surface area contributed by atoms with Crippen molar-refractivity contribution in [2.24, 2.45) is 123 Å². The first-order valence-corrected chi connectivity index (χ1v) is 37.5. The van der Waals surface area contributed by atoms with E-state index < -0.39 is 108 Å². The average Bonchev–Trinajstić information content (AvgIpc) is 1.81. The molecule has 2 aromatic carbocycles. The number of amides is 15. The minimum absolute atomic E-state index is 0.0253. The highest BCUT2D eigenvalue weighted by atomic mass is 16.2. The van der Waals surface area contributed by atoms with Crippen LogP contribution in [0.15, 0.2) is 79.6 Å². The Hall–Kier alpha value is -13.2. The summed E-state index contributed by atoms with van der Waals surface area (Å²) in [5, 5.41) is 23.2. The fraction of sp³-hybridized carbons (Fsp3) is 0.556. The predicted molar refractivity (Wildman–Crippen MR) is 443 cm³/mol. The monoisotopic (exact) mass is 1650 g/mol. The minimum atomic E-state index is -0.872. The third-order valence-corrected chi connectivity index (χ3v) is 16.1. The van der Waals surface area contributed by atoms with Gasteiger partial charge in [-0.05, 0) is 113 Å². The van der Waals surface area contributed by atoms with Gasteiger partial charge in [0.15, 0.2) is 29.8 Å². The van der Waals surface area contributed by atoms with Crippen molar-refractivity contribution in [3.05, 3.63) is 65.7 Å². The van der Waals surface area contributed by atoms with E-state index in [2.05, 4.69) is 72.8 Å². The SMILES string of the molecule is CC(=O)N1CCC[C@@H]1C(=O)NC(CCCN=C(N)N)C(N)=O.CC(=O)N[C@@H](C(=O)N[C@@H](CCCN=C(N)N)C(N)=O)C(C)C.CC(=O)N[C@H](CC(C)C)C(=O)N[C@@H](CCCN=C(N)N)C(N)=O.CC(=O)N[C@H](Cc1ccccc1)C(=O)N[C@@H](CCCN=C(N)N)C(N)=O.CC(=O)Nc1ccccc1C(=O)N[C@@H](CCCN=C(N)N)C(N)=O. The molecule has 0 aromatic heterocycles. The molecule has 0 aliphatic carbocycles. The summed E-state index contributed by atoms with van der Waals surface area (Å²) in [4.78, 5) is 196. The molecule has 1 fully saturated rings. The van der Waals surface area contributed by atoms with Gasteiger partial charge in [0, 0.05) is 80.3 Å². The standard InChI is InChI=1S/C17H26N6O3.C15H22N6O3.C14H28N6O3.C13H24N6O3.C13H26N6O3/c1-11(24)22-14(10-12-6-3-2-4-7-12)16(26)23-13(15(18)25)8-5-9-21-17(19)20;1-9(22)20-11-6-3-2-5-10(11)14(24)21-12(13(16)23)7-4-8-19-15(17)18;1-8(2)7-11(19-9(3)21)13(23)20-10(12(15)22)5-4-6-18-14(16)17;1-8(20)19-7-3-5-10(19)12(22)18-9(11(14)21)4-2-6-17-13(15)16;1-7(2)10(18-8(3)20)12(22)19-9(11(14)21)5-4-6-17-13(15)16/h2-4,6-7,13-14H,5,8-10H2,1H3,(H2,18,25)(H,22,24)(H,23,26)(H4,19,20,21);2-3,5-6,12H,4,7-8H2,1H3,(H2,16,23)(H,20,22)(H,21,24)(H4,17,18,19);8,10-11H,4-7H2,1-3H3,(H2,15,22)(H,19,21)(H,20,23)(H4,16,17,18);9-10H,2-7H2,1H3,(H2,14,21)(H,18,22)(H4,15,16,17);7,9-10H,4-6H2,1-3H3,(H2,14,21)(H,18,20)(H,19,22)(H4,15,16,17)/t13-,14+;12-;10-,11+;9?,10-;9-,10+/m00010/s1. The number of hydrogen-bond donors (Lipinski definition) is 24. The lowest BCUT2D eigenvalue weighted by Gasteiger charge is -2.24. The molecular formula is C72H126N30O15. The van der Waals surface area contributed by atoms with Gasteiger partial charge in [0.05, 0.1) is 11.3 Å². The number of hydrogen-bond acceptors (Lipinski definition) is 20. The zero-order chi connectivity index (χ0) is 89.6. The lowest BCUT2D eigenvalue weighted by Crippen LogP contribution is -2.54. The van der Waals surface area contributed by atoms with E-state index in [1.54, 1.807) is 32.0 Å². The molecule has 39 N–H and O–H groups in total. The van der Waals surface area contributed by atoms with Crippen LogP contribution >= 0.6 is 0 Å². The van der Waals surface area contributed by atoms with Crippen molar-refractivity contribution in [1.82, 2.24) is 47.4 Å². The van der Waals surface area contributed by atoms with E-state index in [4.69, 9.17) is 86.0 Å². The minimum Gasteiger partial charge on any atom is -0.370 e. The fourth-order valence-electron chi connectivity index (χ4n) is 10.7. The van der Waals surface area contributed by atoms with Crippen LogP contribution in [0.25, 0.3) is 0 Å². The number of likely N-dealkylation sites (tertiary alicyclic amines) is 1. The Morgan fingerprint density at radius 2 is 0.735 bits per heavy atom. The van der Waals surface area contributed by atoms with Crippen LogP contribution in [-0.2, 0) is 73.5 Å². The number of nitrogens with one attached hydrogen (secondary N) is 9. The van der Waals surface area contributed by atoms with Crippen LogP contribution in [0.5, 0.6) is 0 Å². The maximum absolute atomic E-state index is 12.5. The van der Waals surface area contributed by atoms with Gasteiger partial charge in [0.2, 0.25) is 82.7 Å². The Kier molecular flexibility index (Phi) is 53.1. The number of primary amides is 5.